The molecule has 0 fully saturated rings. The van der Waals surface area contributed by atoms with Crippen molar-refractivity contribution in [1.82, 2.24) is 4.98 Å². The minimum Gasteiger partial charge on any atom is -0.455 e. The maximum absolute atomic E-state index is 12.0. The molecule has 0 spiro atoms. The lowest BCUT2D eigenvalue weighted by molar-refractivity contribution is 0.0995. The highest BCUT2D eigenvalue weighted by Crippen LogP contribution is 2.28. The second kappa shape index (κ2) is 5.24. The summed E-state index contributed by atoms with van der Waals surface area (Å²) in [6.07, 6.45) is 0. The number of nitrogens with two attached hydrogens (primary N) is 1. The predicted molar refractivity (Wildman–Crippen MR) is 79.2 cm³/mol. The highest BCUT2D eigenvalue weighted by Gasteiger charge is 2.13. The van der Waals surface area contributed by atoms with Crippen LogP contribution in [0.1, 0.15) is 16.3 Å². The Hall–Kier alpha value is -1.89. The molecule has 3 rings (SSSR count). The molecule has 3 aromatic rings. The first-order valence-electron chi connectivity index (χ1n) is 5.82. The molecule has 0 saturated carbocycles. The number of benzene rings is 1. The quantitative estimate of drug-likeness (QED) is 0.778. The van der Waals surface area contributed by atoms with Gasteiger partial charge in [-0.05, 0) is 30.3 Å². The van der Waals surface area contributed by atoms with Gasteiger partial charge in [0, 0.05) is 5.02 Å². The highest BCUT2D eigenvalue weighted by molar-refractivity contribution is 7.22. The van der Waals surface area contributed by atoms with Gasteiger partial charge in [0.2, 0.25) is 0 Å². The average Bonchev–Trinajstić information content (AvgIpc) is 3.03. The van der Waals surface area contributed by atoms with Gasteiger partial charge in [-0.25, -0.2) is 4.98 Å². The smallest absolute Gasteiger partial charge is 0.293 e. The van der Waals surface area contributed by atoms with E-state index in [2.05, 4.69) is 10.3 Å². The van der Waals surface area contributed by atoms with E-state index >= 15 is 0 Å². The average molecular weight is 308 g/mol. The van der Waals surface area contributed by atoms with Crippen LogP contribution in [0.2, 0.25) is 5.02 Å². The van der Waals surface area contributed by atoms with Crippen molar-refractivity contribution in [2.75, 3.05) is 5.32 Å². The van der Waals surface area contributed by atoms with Crippen molar-refractivity contribution in [2.45, 2.75) is 6.54 Å². The summed E-state index contributed by atoms with van der Waals surface area (Å²) in [4.78, 5) is 16.3. The van der Waals surface area contributed by atoms with Gasteiger partial charge in [0.05, 0.1) is 16.8 Å². The molecule has 20 heavy (non-hydrogen) atoms. The Morgan fingerprint density at radius 3 is 3.00 bits per heavy atom. The number of carbonyl (C=O) groups excluding carboxylic acids is 1. The standard InChI is InChI=1S/C13H10ClN3O2S/c14-7-1-3-9-11(5-7)20-13(16-9)17-12(18)10-4-2-8(6-15)19-10/h1-5H,6,15H2,(H,16,17,18). The van der Waals surface area contributed by atoms with Gasteiger partial charge < -0.3 is 10.2 Å². The molecule has 2 heterocycles. The fourth-order valence-electron chi connectivity index (χ4n) is 1.72. The predicted octanol–water partition coefficient (Wildman–Crippen LogP) is 3.25. The van der Waals surface area contributed by atoms with E-state index in [9.17, 15) is 4.79 Å². The van der Waals surface area contributed by atoms with Crippen LogP contribution in [0.15, 0.2) is 34.7 Å². The molecular weight excluding hydrogens is 298 g/mol. The zero-order valence-corrected chi connectivity index (χ0v) is 11.8. The van der Waals surface area contributed by atoms with Gasteiger partial charge in [0.15, 0.2) is 10.9 Å². The van der Waals surface area contributed by atoms with Crippen LogP contribution in [0.5, 0.6) is 0 Å². The van der Waals surface area contributed by atoms with Crippen LogP contribution in [-0.4, -0.2) is 10.9 Å². The monoisotopic (exact) mass is 307 g/mol. The molecule has 102 valence electrons. The molecule has 1 aromatic carbocycles. The van der Waals surface area contributed by atoms with Crippen molar-refractivity contribution in [3.05, 3.63) is 46.9 Å². The summed E-state index contributed by atoms with van der Waals surface area (Å²) in [6.45, 7) is 0.257. The van der Waals surface area contributed by atoms with Gasteiger partial charge in [-0.1, -0.05) is 22.9 Å². The largest absolute Gasteiger partial charge is 0.455 e. The number of nitrogens with one attached hydrogen (secondary N) is 1. The van der Waals surface area contributed by atoms with Crippen LogP contribution in [0, 0.1) is 0 Å². The number of rotatable bonds is 3. The van der Waals surface area contributed by atoms with E-state index in [-0.39, 0.29) is 18.2 Å². The molecule has 0 aliphatic heterocycles. The molecule has 0 saturated heterocycles. The first-order valence-corrected chi connectivity index (χ1v) is 7.01. The van der Waals surface area contributed by atoms with Crippen molar-refractivity contribution in [3.63, 3.8) is 0 Å². The molecule has 0 aliphatic rings. The topological polar surface area (TPSA) is 81.2 Å². The van der Waals surface area contributed by atoms with Crippen molar-refractivity contribution >= 4 is 44.2 Å². The Balaban J connectivity index is 1.83. The maximum atomic E-state index is 12.0. The van der Waals surface area contributed by atoms with Gasteiger partial charge in [-0.2, -0.15) is 0 Å². The van der Waals surface area contributed by atoms with Crippen molar-refractivity contribution in [1.29, 1.82) is 0 Å². The maximum Gasteiger partial charge on any atom is 0.293 e. The van der Waals surface area contributed by atoms with Gasteiger partial charge in [-0.15, -0.1) is 0 Å². The van der Waals surface area contributed by atoms with Crippen LogP contribution in [0.4, 0.5) is 5.13 Å². The normalized spacial score (nSPS) is 10.9. The summed E-state index contributed by atoms with van der Waals surface area (Å²) in [5.41, 5.74) is 6.22. The third-order valence-corrected chi connectivity index (χ3v) is 3.83. The van der Waals surface area contributed by atoms with Crippen LogP contribution < -0.4 is 11.1 Å². The van der Waals surface area contributed by atoms with E-state index in [1.165, 1.54) is 11.3 Å². The molecule has 7 heteroatoms. The lowest BCUT2D eigenvalue weighted by Gasteiger charge is -1.97. The number of amides is 1. The molecule has 0 unspecified atom stereocenters. The molecule has 2 aromatic heterocycles. The number of carbonyl (C=O) groups is 1. The summed E-state index contributed by atoms with van der Waals surface area (Å²) in [5.74, 6) is 0.420. The minimum absolute atomic E-state index is 0.211. The number of hydrogen-bond acceptors (Lipinski definition) is 5. The molecule has 3 N–H and O–H groups in total. The third-order valence-electron chi connectivity index (χ3n) is 2.66. The second-order valence-electron chi connectivity index (χ2n) is 4.06. The lowest BCUT2D eigenvalue weighted by Crippen LogP contribution is -2.10. The van der Waals surface area contributed by atoms with Crippen LogP contribution in [0.25, 0.3) is 10.2 Å². The van der Waals surface area contributed by atoms with Crippen molar-refractivity contribution in [2.24, 2.45) is 5.73 Å². The first-order chi connectivity index (χ1) is 9.65. The number of furan rings is 1. The molecule has 0 radical (unpaired) electrons. The summed E-state index contributed by atoms with van der Waals surface area (Å²) in [7, 11) is 0. The van der Waals surface area contributed by atoms with Crippen molar-refractivity contribution in [3.8, 4) is 0 Å². The molecule has 1 amide bonds. The summed E-state index contributed by atoms with van der Waals surface area (Å²) in [5, 5.41) is 3.83. The van der Waals surface area contributed by atoms with E-state index in [0.29, 0.717) is 15.9 Å². The van der Waals surface area contributed by atoms with Gasteiger partial charge in [0.25, 0.3) is 5.91 Å². The van der Waals surface area contributed by atoms with Crippen molar-refractivity contribution < 1.29 is 9.21 Å². The fraction of sp³-hybridized carbons (Fsp3) is 0.0769. The van der Waals surface area contributed by atoms with E-state index in [0.717, 1.165) is 10.2 Å². The SMILES string of the molecule is NCc1ccc(C(=O)Nc2nc3ccc(Cl)cc3s2)o1. The lowest BCUT2D eigenvalue weighted by atomic mass is 10.3. The number of nitrogens with zero attached hydrogens (tertiary/aromatic N) is 1. The van der Waals surface area contributed by atoms with Gasteiger partial charge in [0.1, 0.15) is 5.76 Å². The third kappa shape index (κ3) is 2.53. The summed E-state index contributed by atoms with van der Waals surface area (Å²) >= 11 is 7.27. The molecule has 0 atom stereocenters. The molecule has 0 bridgehead atoms. The Labute approximate surface area is 123 Å². The van der Waals surface area contributed by atoms with Gasteiger partial charge >= 0.3 is 0 Å². The number of aromatic nitrogens is 1. The number of thiazole rings is 1. The summed E-state index contributed by atoms with van der Waals surface area (Å²) in [6, 6.07) is 8.64. The number of hydrogen-bond donors (Lipinski definition) is 2. The van der Waals surface area contributed by atoms with E-state index < -0.39 is 0 Å². The van der Waals surface area contributed by atoms with Gasteiger partial charge in [-0.3, -0.25) is 10.1 Å². The Morgan fingerprint density at radius 1 is 1.40 bits per heavy atom. The Morgan fingerprint density at radius 2 is 2.25 bits per heavy atom. The zero-order valence-electron chi connectivity index (χ0n) is 10.2. The van der Waals surface area contributed by atoms with Crippen LogP contribution in [0.3, 0.4) is 0 Å². The van der Waals surface area contributed by atoms with E-state index in [1.807, 2.05) is 12.1 Å². The Kier molecular flexibility index (Phi) is 3.43. The summed E-state index contributed by atoms with van der Waals surface area (Å²) < 4.78 is 6.19. The van der Waals surface area contributed by atoms with Crippen LogP contribution >= 0.6 is 22.9 Å². The Bertz CT molecular complexity index is 781. The second-order valence-corrected chi connectivity index (χ2v) is 5.52. The number of fused-ring (bicyclic) bond motifs is 1. The molecule has 0 aliphatic carbocycles. The van der Waals surface area contributed by atoms with E-state index in [4.69, 9.17) is 21.8 Å². The van der Waals surface area contributed by atoms with Crippen LogP contribution in [-0.2, 0) is 6.54 Å². The van der Waals surface area contributed by atoms with E-state index in [1.54, 1.807) is 18.2 Å². The number of anilines is 1. The highest BCUT2D eigenvalue weighted by atomic mass is 35.5. The zero-order chi connectivity index (χ0) is 14.1. The molecular formula is C13H10ClN3O2S. The first kappa shape index (κ1) is 13.1. The fourth-order valence-corrected chi connectivity index (χ4v) is 2.86. The minimum atomic E-state index is -0.352. The molecule has 5 nitrogen and oxygen atoms in total. The number of halogens is 1.